The van der Waals surface area contributed by atoms with Gasteiger partial charge in [0.15, 0.2) is 0 Å². The fourth-order valence-corrected chi connectivity index (χ4v) is 2.59. The molecule has 0 atom stereocenters. The Morgan fingerprint density at radius 2 is 1.79 bits per heavy atom. The second-order valence-corrected chi connectivity index (χ2v) is 5.16. The zero-order valence-electron chi connectivity index (χ0n) is 11.2. The third-order valence-corrected chi connectivity index (χ3v) is 3.67. The largest absolute Gasteiger partial charge is 0.326 e. The molecule has 0 aromatic heterocycles. The first kappa shape index (κ1) is 16.0. The van der Waals surface area contributed by atoms with Gasteiger partial charge >= 0.3 is 0 Å². The third-order valence-electron chi connectivity index (χ3n) is 3.67. The van der Waals surface area contributed by atoms with Crippen molar-refractivity contribution >= 4 is 24.0 Å². The van der Waals surface area contributed by atoms with E-state index in [9.17, 15) is 4.79 Å². The molecule has 0 radical (unpaired) electrons. The summed E-state index contributed by atoms with van der Waals surface area (Å²) >= 11 is 0. The first-order valence-corrected chi connectivity index (χ1v) is 6.87. The van der Waals surface area contributed by atoms with Crippen molar-refractivity contribution in [2.75, 3.05) is 5.32 Å². The fourth-order valence-electron chi connectivity index (χ4n) is 2.59. The molecular weight excluding hydrogens is 260 g/mol. The first-order chi connectivity index (χ1) is 8.78. The number of carbonyl (C=O) groups is 1. The maximum Gasteiger partial charge on any atom is 0.224 e. The van der Waals surface area contributed by atoms with Gasteiger partial charge in [0.1, 0.15) is 0 Å². The summed E-state index contributed by atoms with van der Waals surface area (Å²) in [6.45, 7) is 0.538. The van der Waals surface area contributed by atoms with E-state index in [0.29, 0.717) is 18.9 Å². The number of nitrogens with one attached hydrogen (secondary N) is 1. The molecule has 106 valence electrons. The normalized spacial score (nSPS) is 15.6. The maximum atomic E-state index is 11.9. The Bertz CT molecular complexity index is 386. The molecule has 1 fully saturated rings. The molecule has 4 heteroatoms. The average molecular weight is 283 g/mol. The summed E-state index contributed by atoms with van der Waals surface area (Å²) in [5.74, 6) is 0.726. The average Bonchev–Trinajstić information content (AvgIpc) is 2.40. The lowest BCUT2D eigenvalue weighted by Crippen LogP contribution is -2.18. The lowest BCUT2D eigenvalue weighted by molar-refractivity contribution is -0.117. The molecule has 1 saturated carbocycles. The highest BCUT2D eigenvalue weighted by atomic mass is 35.5. The molecular formula is C15H23ClN2O. The number of benzene rings is 1. The number of hydrogen-bond donors (Lipinski definition) is 2. The molecule has 0 bridgehead atoms. The van der Waals surface area contributed by atoms with Gasteiger partial charge in [-0.3, -0.25) is 4.79 Å². The van der Waals surface area contributed by atoms with Crippen molar-refractivity contribution < 1.29 is 4.79 Å². The highest BCUT2D eigenvalue weighted by Crippen LogP contribution is 2.26. The van der Waals surface area contributed by atoms with Gasteiger partial charge in [0.2, 0.25) is 5.91 Å². The Balaban J connectivity index is 0.00000180. The van der Waals surface area contributed by atoms with Gasteiger partial charge in [0.05, 0.1) is 0 Å². The van der Waals surface area contributed by atoms with Crippen LogP contribution in [0.4, 0.5) is 5.69 Å². The van der Waals surface area contributed by atoms with Crippen LogP contribution >= 0.6 is 12.4 Å². The zero-order valence-corrected chi connectivity index (χ0v) is 12.0. The number of anilines is 1. The Labute approximate surface area is 121 Å². The Morgan fingerprint density at radius 1 is 1.16 bits per heavy atom. The Hall–Kier alpha value is -1.06. The summed E-state index contributed by atoms with van der Waals surface area (Å²) < 4.78 is 0. The van der Waals surface area contributed by atoms with Gasteiger partial charge in [-0.05, 0) is 36.5 Å². The highest BCUT2D eigenvalue weighted by molar-refractivity contribution is 5.90. The molecule has 0 unspecified atom stereocenters. The maximum absolute atomic E-state index is 11.9. The monoisotopic (exact) mass is 282 g/mol. The van der Waals surface area contributed by atoms with E-state index in [1.165, 1.54) is 32.1 Å². The van der Waals surface area contributed by atoms with E-state index < -0.39 is 0 Å². The molecule has 19 heavy (non-hydrogen) atoms. The van der Waals surface area contributed by atoms with Gasteiger partial charge in [-0.25, -0.2) is 0 Å². The van der Waals surface area contributed by atoms with Crippen LogP contribution in [-0.4, -0.2) is 5.91 Å². The van der Waals surface area contributed by atoms with E-state index in [-0.39, 0.29) is 18.3 Å². The lowest BCUT2D eigenvalue weighted by Gasteiger charge is -2.20. The summed E-state index contributed by atoms with van der Waals surface area (Å²) in [4.78, 5) is 11.9. The van der Waals surface area contributed by atoms with Gasteiger partial charge in [-0.1, -0.05) is 31.4 Å². The van der Waals surface area contributed by atoms with Crippen molar-refractivity contribution in [1.29, 1.82) is 0 Å². The molecule has 0 aliphatic heterocycles. The number of nitrogens with two attached hydrogens (primary N) is 1. The van der Waals surface area contributed by atoms with E-state index in [1.54, 1.807) is 0 Å². The zero-order chi connectivity index (χ0) is 12.8. The number of carbonyl (C=O) groups excluding carboxylic acids is 1. The summed E-state index contributed by atoms with van der Waals surface area (Å²) in [5, 5.41) is 2.96. The van der Waals surface area contributed by atoms with Crippen LogP contribution in [0.5, 0.6) is 0 Å². The van der Waals surface area contributed by atoms with Crippen molar-refractivity contribution in [3.05, 3.63) is 29.8 Å². The van der Waals surface area contributed by atoms with Crippen molar-refractivity contribution in [2.45, 2.75) is 45.1 Å². The number of rotatable bonds is 4. The molecule has 1 amide bonds. The Morgan fingerprint density at radius 3 is 2.37 bits per heavy atom. The number of amides is 1. The summed E-state index contributed by atoms with van der Waals surface area (Å²) in [6, 6.07) is 7.74. The van der Waals surface area contributed by atoms with E-state index in [0.717, 1.165) is 11.3 Å². The van der Waals surface area contributed by atoms with E-state index >= 15 is 0 Å². The molecule has 0 spiro atoms. The molecule has 3 nitrogen and oxygen atoms in total. The van der Waals surface area contributed by atoms with Crippen molar-refractivity contribution in [3.63, 3.8) is 0 Å². The van der Waals surface area contributed by atoms with Crippen LogP contribution < -0.4 is 11.1 Å². The van der Waals surface area contributed by atoms with Crippen LogP contribution in [0.2, 0.25) is 0 Å². The predicted molar refractivity (Wildman–Crippen MR) is 81.4 cm³/mol. The summed E-state index contributed by atoms with van der Waals surface area (Å²) in [7, 11) is 0. The predicted octanol–water partition coefficient (Wildman–Crippen LogP) is 3.48. The van der Waals surface area contributed by atoms with Crippen LogP contribution in [0.1, 0.15) is 44.1 Å². The Kier molecular flexibility index (Phi) is 6.89. The smallest absolute Gasteiger partial charge is 0.224 e. The van der Waals surface area contributed by atoms with Gasteiger partial charge in [0, 0.05) is 18.7 Å². The van der Waals surface area contributed by atoms with Gasteiger partial charge in [-0.2, -0.15) is 0 Å². The molecule has 1 aliphatic carbocycles. The molecule has 1 aromatic rings. The molecule has 3 N–H and O–H groups in total. The standard InChI is InChI=1S/C15H22N2O.ClH/c16-11-13-6-8-14(9-7-13)17-15(18)10-12-4-2-1-3-5-12;/h6-9,12H,1-5,10-11,16H2,(H,17,18);1H. The van der Waals surface area contributed by atoms with Gasteiger partial charge in [-0.15, -0.1) is 12.4 Å². The second kappa shape index (κ2) is 8.18. The first-order valence-electron chi connectivity index (χ1n) is 6.87. The second-order valence-electron chi connectivity index (χ2n) is 5.16. The lowest BCUT2D eigenvalue weighted by atomic mass is 9.87. The number of hydrogen-bond acceptors (Lipinski definition) is 2. The minimum atomic E-state index is 0. The number of halogens is 1. The van der Waals surface area contributed by atoms with Crippen LogP contribution in [0.3, 0.4) is 0 Å². The quantitative estimate of drug-likeness (QED) is 0.888. The third kappa shape index (κ3) is 5.21. The molecule has 1 aliphatic rings. The van der Waals surface area contributed by atoms with E-state index in [1.807, 2.05) is 24.3 Å². The molecule has 0 saturated heterocycles. The molecule has 0 heterocycles. The minimum absolute atomic E-state index is 0. The van der Waals surface area contributed by atoms with E-state index in [4.69, 9.17) is 5.73 Å². The molecule has 2 rings (SSSR count). The summed E-state index contributed by atoms with van der Waals surface area (Å²) in [5.41, 5.74) is 7.49. The van der Waals surface area contributed by atoms with Gasteiger partial charge in [0.25, 0.3) is 0 Å². The van der Waals surface area contributed by atoms with Gasteiger partial charge < -0.3 is 11.1 Å². The summed E-state index contributed by atoms with van der Waals surface area (Å²) in [6.07, 6.45) is 6.97. The van der Waals surface area contributed by atoms with Crippen molar-refractivity contribution in [3.8, 4) is 0 Å². The highest BCUT2D eigenvalue weighted by Gasteiger charge is 2.16. The van der Waals surface area contributed by atoms with E-state index in [2.05, 4.69) is 5.32 Å². The fraction of sp³-hybridized carbons (Fsp3) is 0.533. The van der Waals surface area contributed by atoms with Crippen molar-refractivity contribution in [1.82, 2.24) is 0 Å². The minimum Gasteiger partial charge on any atom is -0.326 e. The topological polar surface area (TPSA) is 55.1 Å². The van der Waals surface area contributed by atoms with Crippen LogP contribution in [0.25, 0.3) is 0 Å². The SMILES string of the molecule is Cl.NCc1ccc(NC(=O)CC2CCCCC2)cc1. The molecule has 1 aromatic carbocycles. The van der Waals surface area contributed by atoms with Crippen LogP contribution in [0, 0.1) is 5.92 Å². The van der Waals surface area contributed by atoms with Crippen LogP contribution in [-0.2, 0) is 11.3 Å². The van der Waals surface area contributed by atoms with Crippen LogP contribution in [0.15, 0.2) is 24.3 Å². The van der Waals surface area contributed by atoms with Crippen molar-refractivity contribution in [2.24, 2.45) is 11.7 Å².